The predicted molar refractivity (Wildman–Crippen MR) is 158 cm³/mol. The Bertz CT molecular complexity index is 591. The van der Waals surface area contributed by atoms with Gasteiger partial charge in [-0.1, -0.05) is 119 Å². The Balaban J connectivity index is 1.11. The molecule has 4 heterocycles. The van der Waals surface area contributed by atoms with Crippen molar-refractivity contribution in [2.24, 2.45) is 0 Å². The van der Waals surface area contributed by atoms with E-state index in [1.54, 1.807) is 51.4 Å². The zero-order valence-corrected chi connectivity index (χ0v) is 24.8. The molecule has 0 aromatic heterocycles. The van der Waals surface area contributed by atoms with Crippen LogP contribution in [0.2, 0.25) is 35.9 Å². The number of rotatable bonds is 13. The molecule has 1 atom stereocenters. The van der Waals surface area contributed by atoms with E-state index in [-0.39, 0.29) is 0 Å². The molecule has 0 aromatic carbocycles. The van der Waals surface area contributed by atoms with E-state index < -0.39 is 0 Å². The Kier molecular flexibility index (Phi) is 10.2. The molecular weight excluding hydrogens is 422 g/mol. The summed E-state index contributed by atoms with van der Waals surface area (Å²) in [5.41, 5.74) is 0. The summed E-state index contributed by atoms with van der Waals surface area (Å²) in [5, 5.41) is 0. The lowest BCUT2D eigenvalue weighted by molar-refractivity contribution is -0.923. The lowest BCUT2D eigenvalue weighted by atomic mass is 9.26. The third-order valence-corrected chi connectivity index (χ3v) is 12.2. The fraction of sp³-hybridized carbons (Fsp3) is 1.00. The van der Waals surface area contributed by atoms with E-state index in [0.717, 1.165) is 42.7 Å². The molecule has 4 heteroatoms. The van der Waals surface area contributed by atoms with Crippen LogP contribution in [0.25, 0.3) is 0 Å². The van der Waals surface area contributed by atoms with Crippen molar-refractivity contribution in [2.75, 3.05) is 47.8 Å². The van der Waals surface area contributed by atoms with Gasteiger partial charge in [-0.2, -0.15) is 0 Å². The molecule has 2 nitrogen and oxygen atoms in total. The van der Waals surface area contributed by atoms with E-state index in [0.29, 0.717) is 0 Å². The highest BCUT2D eigenvalue weighted by Gasteiger charge is 2.39. The third-order valence-electron chi connectivity index (χ3n) is 12.2. The second kappa shape index (κ2) is 12.7. The van der Waals surface area contributed by atoms with Crippen LogP contribution >= 0.6 is 0 Å². The second-order valence-electron chi connectivity index (χ2n) is 15.3. The van der Waals surface area contributed by atoms with Crippen molar-refractivity contribution in [3.05, 3.63) is 0 Å². The van der Waals surface area contributed by atoms with Crippen molar-refractivity contribution in [2.45, 2.75) is 152 Å². The van der Waals surface area contributed by atoms with Gasteiger partial charge in [0.2, 0.25) is 0 Å². The van der Waals surface area contributed by atoms with E-state index >= 15 is 0 Å². The molecule has 4 aliphatic rings. The molecule has 4 saturated heterocycles. The minimum absolute atomic E-state index is 0.805. The van der Waals surface area contributed by atoms with Crippen molar-refractivity contribution in [3.63, 3.8) is 0 Å². The second-order valence-corrected chi connectivity index (χ2v) is 15.3. The average Bonchev–Trinajstić information content (AvgIpc) is 2.78. The van der Waals surface area contributed by atoms with Crippen LogP contribution in [-0.2, 0) is 0 Å². The topological polar surface area (TPSA) is 0 Å². The summed E-state index contributed by atoms with van der Waals surface area (Å²) in [5.74, 6) is 4.38. The monoisotopic (exact) mass is 485 g/mol. The molecule has 4 aliphatic heterocycles. The van der Waals surface area contributed by atoms with E-state index in [1.165, 1.54) is 92.6 Å². The molecule has 0 aliphatic carbocycles. The summed E-state index contributed by atoms with van der Waals surface area (Å²) < 4.78 is 2.46. The smallest absolute Gasteiger partial charge is 0.146 e. The highest BCUT2D eigenvalue weighted by molar-refractivity contribution is 6.63. The molecule has 200 valence electrons. The molecule has 4 bridgehead atoms. The van der Waals surface area contributed by atoms with Gasteiger partial charge in [0.15, 0.2) is 0 Å². The Morgan fingerprint density at radius 3 is 1.43 bits per heavy atom. The number of nitrogens with zero attached hydrogens (tertiary/aromatic N) is 2. The zero-order chi connectivity index (χ0) is 24.9. The molecular formula is C31H62B2N2+2. The summed E-state index contributed by atoms with van der Waals surface area (Å²) in [6.45, 7) is 8.82. The number of quaternary nitrogens is 2. The first-order valence-corrected chi connectivity index (χ1v) is 16.4. The van der Waals surface area contributed by atoms with Crippen molar-refractivity contribution in [1.29, 1.82) is 0 Å². The fourth-order valence-electron chi connectivity index (χ4n) is 9.56. The Labute approximate surface area is 221 Å². The van der Waals surface area contributed by atoms with Crippen molar-refractivity contribution >= 4 is 13.4 Å². The zero-order valence-electron chi connectivity index (χ0n) is 24.8. The third kappa shape index (κ3) is 7.78. The van der Waals surface area contributed by atoms with Gasteiger partial charge in [-0.15, -0.1) is 0 Å². The van der Waals surface area contributed by atoms with Crippen LogP contribution in [0.15, 0.2) is 0 Å². The van der Waals surface area contributed by atoms with Crippen LogP contribution in [0.3, 0.4) is 0 Å². The summed E-state index contributed by atoms with van der Waals surface area (Å²) in [4.78, 5) is 0. The van der Waals surface area contributed by atoms with Gasteiger partial charge in [-0.3, -0.25) is 0 Å². The maximum Gasteiger partial charge on any atom is 0.146 e. The summed E-state index contributed by atoms with van der Waals surface area (Å²) in [6.07, 6.45) is 27.3. The van der Waals surface area contributed by atoms with Crippen molar-refractivity contribution < 1.29 is 8.97 Å². The minimum Gasteiger partial charge on any atom is -0.328 e. The summed E-state index contributed by atoms with van der Waals surface area (Å²) in [7, 11) is 10.0. The van der Waals surface area contributed by atoms with Gasteiger partial charge in [-0.25, -0.2) is 0 Å². The maximum absolute atomic E-state index is 2.54. The number of hydrogen-bond donors (Lipinski definition) is 0. The standard InChI is InChI=1S/C31H62B2N2/c1-27(13-10-22-32-28-14-6-15-29(32)17-7-16-28)35(4,5)26-12-25-34(2,3)24-11-23-33-30-18-8-19-31(33)21-9-20-30/h27-31H,6-26H2,1-5H3/q+2/t27-,28?,29?,30?,31?/m1/s1. The minimum atomic E-state index is 0.805. The molecule has 4 rings (SSSR count). The highest BCUT2D eigenvalue weighted by Crippen LogP contribution is 2.49. The van der Waals surface area contributed by atoms with E-state index in [2.05, 4.69) is 35.1 Å². The molecule has 4 fully saturated rings. The first-order chi connectivity index (χ1) is 16.8. The molecule has 0 N–H and O–H groups in total. The molecule has 0 amide bonds. The maximum atomic E-state index is 2.54. The predicted octanol–water partition coefficient (Wildman–Crippen LogP) is 8.29. The molecule has 0 unspecified atom stereocenters. The van der Waals surface area contributed by atoms with Crippen LogP contribution < -0.4 is 0 Å². The summed E-state index contributed by atoms with van der Waals surface area (Å²) >= 11 is 0. The molecule has 0 radical (unpaired) electrons. The van der Waals surface area contributed by atoms with Gasteiger partial charge in [0.05, 0.1) is 53.9 Å². The lowest BCUT2D eigenvalue weighted by Crippen LogP contribution is -2.50. The van der Waals surface area contributed by atoms with Gasteiger partial charge in [0, 0.05) is 6.42 Å². The SMILES string of the molecule is C[C@H](CCCB1C2CCCC1CCC2)[N+](C)(C)CCC[N+](C)(C)CCCB1C2CCCC1CCC2. The normalized spacial score (nSPS) is 30.4. The fourth-order valence-corrected chi connectivity index (χ4v) is 9.56. The van der Waals surface area contributed by atoms with E-state index in [4.69, 9.17) is 0 Å². The van der Waals surface area contributed by atoms with Crippen LogP contribution in [0.4, 0.5) is 0 Å². The van der Waals surface area contributed by atoms with Crippen LogP contribution in [0, 0.1) is 0 Å². The van der Waals surface area contributed by atoms with Crippen LogP contribution in [0.5, 0.6) is 0 Å². The average molecular weight is 484 g/mol. The Morgan fingerprint density at radius 1 is 0.571 bits per heavy atom. The quantitative estimate of drug-likeness (QED) is 0.182. The lowest BCUT2D eigenvalue weighted by Gasteiger charge is -2.41. The largest absolute Gasteiger partial charge is 0.328 e. The van der Waals surface area contributed by atoms with Gasteiger partial charge in [-0.05, 0) is 19.8 Å². The summed E-state index contributed by atoms with van der Waals surface area (Å²) in [6, 6.07) is 0.805. The highest BCUT2D eigenvalue weighted by atomic mass is 15.3. The number of hydrogen-bond acceptors (Lipinski definition) is 0. The van der Waals surface area contributed by atoms with Gasteiger partial charge >= 0.3 is 0 Å². The van der Waals surface area contributed by atoms with Gasteiger partial charge in [0.1, 0.15) is 13.4 Å². The van der Waals surface area contributed by atoms with Crippen molar-refractivity contribution in [3.8, 4) is 0 Å². The Hall–Kier alpha value is 0.0499. The first-order valence-electron chi connectivity index (χ1n) is 16.4. The van der Waals surface area contributed by atoms with Gasteiger partial charge < -0.3 is 8.97 Å². The molecule has 0 spiro atoms. The molecule has 0 saturated carbocycles. The Morgan fingerprint density at radius 2 is 0.971 bits per heavy atom. The molecule has 0 aromatic rings. The van der Waals surface area contributed by atoms with Crippen molar-refractivity contribution in [1.82, 2.24) is 0 Å². The molecule has 35 heavy (non-hydrogen) atoms. The van der Waals surface area contributed by atoms with Crippen LogP contribution in [-0.4, -0.2) is 76.3 Å². The van der Waals surface area contributed by atoms with Crippen LogP contribution in [0.1, 0.15) is 110 Å². The van der Waals surface area contributed by atoms with Gasteiger partial charge in [0.25, 0.3) is 0 Å². The first kappa shape index (κ1) is 28.1. The van der Waals surface area contributed by atoms with E-state index in [1.807, 2.05) is 0 Å². The number of fused-ring (bicyclic) bond motifs is 4. The van der Waals surface area contributed by atoms with E-state index in [9.17, 15) is 0 Å².